The molecule has 0 amide bonds. The second kappa shape index (κ2) is 4.68. The number of aromatic nitrogens is 2. The summed E-state index contributed by atoms with van der Waals surface area (Å²) in [6.45, 7) is 5.21. The first-order chi connectivity index (χ1) is 8.13. The Morgan fingerprint density at radius 2 is 1.94 bits per heavy atom. The Bertz CT molecular complexity index is 458. The Hall–Kier alpha value is -1.67. The number of aryl methyl sites for hydroxylation is 1. The van der Waals surface area contributed by atoms with Crippen LogP contribution >= 0.6 is 0 Å². The van der Waals surface area contributed by atoms with E-state index in [-0.39, 0.29) is 6.10 Å². The molecular formula is C12H16N4O. The van der Waals surface area contributed by atoms with Gasteiger partial charge in [0.05, 0.1) is 11.8 Å². The van der Waals surface area contributed by atoms with Crippen LogP contribution in [-0.4, -0.2) is 34.5 Å². The Labute approximate surface area is 101 Å². The molecule has 0 atom stereocenters. The number of rotatable bonds is 1. The summed E-state index contributed by atoms with van der Waals surface area (Å²) in [6, 6.07) is 2.21. The standard InChI is InChI=1S/C12H16N4O/c1-8-9(2)14-15-12(11(8)7-13)16-5-3-10(17)4-6-16/h10,17H,3-6H2,1-2H3. The lowest BCUT2D eigenvalue weighted by molar-refractivity contribution is 0.145. The first-order valence-corrected chi connectivity index (χ1v) is 5.80. The number of aliphatic hydroxyl groups is 1. The van der Waals surface area contributed by atoms with E-state index in [4.69, 9.17) is 0 Å². The van der Waals surface area contributed by atoms with E-state index in [1.54, 1.807) is 0 Å². The van der Waals surface area contributed by atoms with E-state index in [0.29, 0.717) is 11.4 Å². The maximum absolute atomic E-state index is 9.47. The predicted octanol–water partition coefficient (Wildman–Crippen LogP) is 0.926. The van der Waals surface area contributed by atoms with Crippen molar-refractivity contribution in [2.24, 2.45) is 0 Å². The minimum Gasteiger partial charge on any atom is -0.393 e. The van der Waals surface area contributed by atoms with E-state index in [2.05, 4.69) is 16.3 Å². The number of piperidine rings is 1. The number of hydrogen-bond acceptors (Lipinski definition) is 5. The van der Waals surface area contributed by atoms with Crippen molar-refractivity contribution in [3.05, 3.63) is 16.8 Å². The van der Waals surface area contributed by atoms with Gasteiger partial charge in [-0.25, -0.2) is 0 Å². The zero-order chi connectivity index (χ0) is 12.4. The normalized spacial score (nSPS) is 16.9. The highest BCUT2D eigenvalue weighted by Crippen LogP contribution is 2.24. The van der Waals surface area contributed by atoms with Crippen molar-refractivity contribution >= 4 is 5.82 Å². The van der Waals surface area contributed by atoms with Gasteiger partial charge < -0.3 is 10.0 Å². The van der Waals surface area contributed by atoms with Gasteiger partial charge in [-0.1, -0.05) is 0 Å². The van der Waals surface area contributed by atoms with Crippen molar-refractivity contribution in [1.29, 1.82) is 5.26 Å². The summed E-state index contributed by atoms with van der Waals surface area (Å²) < 4.78 is 0. The monoisotopic (exact) mass is 232 g/mol. The molecule has 0 aliphatic carbocycles. The Kier molecular flexibility index (Phi) is 3.25. The molecule has 5 nitrogen and oxygen atoms in total. The second-order valence-corrected chi connectivity index (χ2v) is 4.44. The van der Waals surface area contributed by atoms with E-state index >= 15 is 0 Å². The zero-order valence-electron chi connectivity index (χ0n) is 10.1. The van der Waals surface area contributed by atoms with E-state index in [9.17, 15) is 10.4 Å². The molecule has 0 aromatic carbocycles. The molecule has 0 radical (unpaired) electrons. The molecule has 1 N–H and O–H groups in total. The molecule has 0 saturated carbocycles. The molecule has 0 spiro atoms. The van der Waals surface area contributed by atoms with Gasteiger partial charge in [-0.2, -0.15) is 10.4 Å². The maximum Gasteiger partial charge on any atom is 0.169 e. The molecule has 17 heavy (non-hydrogen) atoms. The zero-order valence-corrected chi connectivity index (χ0v) is 10.1. The highest BCUT2D eigenvalue weighted by atomic mass is 16.3. The van der Waals surface area contributed by atoms with Gasteiger partial charge in [0.1, 0.15) is 11.6 Å². The average Bonchev–Trinajstić information content (AvgIpc) is 2.34. The van der Waals surface area contributed by atoms with Crippen LogP contribution in [0.4, 0.5) is 5.82 Å². The third-order valence-corrected chi connectivity index (χ3v) is 3.31. The Morgan fingerprint density at radius 3 is 2.53 bits per heavy atom. The molecule has 0 bridgehead atoms. The van der Waals surface area contributed by atoms with E-state index in [1.165, 1.54) is 0 Å². The van der Waals surface area contributed by atoms with Crippen LogP contribution in [0.5, 0.6) is 0 Å². The predicted molar refractivity (Wildman–Crippen MR) is 63.7 cm³/mol. The van der Waals surface area contributed by atoms with Gasteiger partial charge in [0.25, 0.3) is 0 Å². The molecule has 1 aromatic rings. The Morgan fingerprint density at radius 1 is 1.29 bits per heavy atom. The van der Waals surface area contributed by atoms with Gasteiger partial charge in [0.15, 0.2) is 5.82 Å². The van der Waals surface area contributed by atoms with E-state index in [0.717, 1.165) is 37.2 Å². The quantitative estimate of drug-likeness (QED) is 0.779. The van der Waals surface area contributed by atoms with Gasteiger partial charge >= 0.3 is 0 Å². The van der Waals surface area contributed by atoms with Crippen molar-refractivity contribution in [3.8, 4) is 6.07 Å². The summed E-state index contributed by atoms with van der Waals surface area (Å²) in [5.41, 5.74) is 2.29. The van der Waals surface area contributed by atoms with Crippen LogP contribution in [0.1, 0.15) is 29.7 Å². The second-order valence-electron chi connectivity index (χ2n) is 4.44. The minimum absolute atomic E-state index is 0.226. The summed E-state index contributed by atoms with van der Waals surface area (Å²) in [4.78, 5) is 2.03. The SMILES string of the molecule is Cc1nnc(N2CCC(O)CC2)c(C#N)c1C. The highest BCUT2D eigenvalue weighted by molar-refractivity contribution is 5.57. The number of nitriles is 1. The largest absolute Gasteiger partial charge is 0.393 e. The van der Waals surface area contributed by atoms with Crippen LogP contribution in [0.15, 0.2) is 0 Å². The fourth-order valence-electron chi connectivity index (χ4n) is 2.03. The number of nitrogens with zero attached hydrogens (tertiary/aromatic N) is 4. The van der Waals surface area contributed by atoms with Gasteiger partial charge in [-0.15, -0.1) is 5.10 Å². The molecule has 1 saturated heterocycles. The van der Waals surface area contributed by atoms with Gasteiger partial charge in [-0.3, -0.25) is 0 Å². The minimum atomic E-state index is -0.226. The summed E-state index contributed by atoms with van der Waals surface area (Å²) in [5.74, 6) is 0.655. The van der Waals surface area contributed by atoms with Crippen molar-refractivity contribution in [2.75, 3.05) is 18.0 Å². The topological polar surface area (TPSA) is 73.0 Å². The Balaban J connectivity index is 2.33. The van der Waals surface area contributed by atoms with Crippen molar-refractivity contribution < 1.29 is 5.11 Å². The summed E-state index contributed by atoms with van der Waals surface area (Å²) >= 11 is 0. The lowest BCUT2D eigenvalue weighted by Crippen LogP contribution is -2.37. The van der Waals surface area contributed by atoms with Crippen LogP contribution in [0.2, 0.25) is 0 Å². The molecule has 0 unspecified atom stereocenters. The lowest BCUT2D eigenvalue weighted by atomic mass is 10.1. The number of anilines is 1. The number of hydrogen-bond donors (Lipinski definition) is 1. The number of aliphatic hydroxyl groups excluding tert-OH is 1. The maximum atomic E-state index is 9.47. The summed E-state index contributed by atoms with van der Waals surface area (Å²) in [5, 5.41) is 26.9. The lowest BCUT2D eigenvalue weighted by Gasteiger charge is -2.30. The molecule has 2 heterocycles. The van der Waals surface area contributed by atoms with Crippen molar-refractivity contribution in [1.82, 2.24) is 10.2 Å². The molecule has 1 aliphatic rings. The van der Waals surface area contributed by atoms with Crippen LogP contribution in [0, 0.1) is 25.2 Å². The highest BCUT2D eigenvalue weighted by Gasteiger charge is 2.22. The third kappa shape index (κ3) is 2.22. The fraction of sp³-hybridized carbons (Fsp3) is 0.583. The average molecular weight is 232 g/mol. The van der Waals surface area contributed by atoms with Crippen LogP contribution in [0.3, 0.4) is 0 Å². The molecule has 90 valence electrons. The van der Waals surface area contributed by atoms with Crippen LogP contribution in [0.25, 0.3) is 0 Å². The van der Waals surface area contributed by atoms with Crippen LogP contribution < -0.4 is 4.90 Å². The fourth-order valence-corrected chi connectivity index (χ4v) is 2.03. The summed E-state index contributed by atoms with van der Waals surface area (Å²) in [7, 11) is 0. The molecule has 1 aliphatic heterocycles. The molecule has 2 rings (SSSR count). The van der Waals surface area contributed by atoms with E-state index in [1.807, 2.05) is 18.7 Å². The van der Waals surface area contributed by atoms with E-state index < -0.39 is 0 Å². The molecular weight excluding hydrogens is 216 g/mol. The summed E-state index contributed by atoms with van der Waals surface area (Å²) in [6.07, 6.45) is 1.22. The van der Waals surface area contributed by atoms with Gasteiger partial charge in [0.2, 0.25) is 0 Å². The molecule has 1 fully saturated rings. The van der Waals surface area contributed by atoms with Crippen LogP contribution in [-0.2, 0) is 0 Å². The van der Waals surface area contributed by atoms with Gasteiger partial charge in [0, 0.05) is 13.1 Å². The smallest absolute Gasteiger partial charge is 0.169 e. The first kappa shape index (κ1) is 11.8. The third-order valence-electron chi connectivity index (χ3n) is 3.31. The first-order valence-electron chi connectivity index (χ1n) is 5.80. The molecule has 1 aromatic heterocycles. The van der Waals surface area contributed by atoms with Gasteiger partial charge in [-0.05, 0) is 32.3 Å². The van der Waals surface area contributed by atoms with Crippen molar-refractivity contribution in [2.45, 2.75) is 32.8 Å². The molecule has 5 heteroatoms. The van der Waals surface area contributed by atoms with Crippen molar-refractivity contribution in [3.63, 3.8) is 0 Å².